The second kappa shape index (κ2) is 4.44. The van der Waals surface area contributed by atoms with Crippen molar-refractivity contribution in [1.82, 2.24) is 0 Å². The largest absolute Gasteiger partial charge is 0.457 e. The van der Waals surface area contributed by atoms with Gasteiger partial charge in [-0.1, -0.05) is 6.92 Å². The highest BCUT2D eigenvalue weighted by atomic mass is 16.6. The first kappa shape index (κ1) is 12.9. The lowest BCUT2D eigenvalue weighted by Crippen LogP contribution is -2.42. The SMILES string of the molecule is CCC(C)(O[C]=O)C(=O)OC(C)(C)C. The first-order valence-electron chi connectivity index (χ1n) is 4.54. The van der Waals surface area contributed by atoms with E-state index in [4.69, 9.17) is 4.74 Å². The fourth-order valence-corrected chi connectivity index (χ4v) is 0.736. The number of rotatable bonds is 4. The summed E-state index contributed by atoms with van der Waals surface area (Å²) >= 11 is 0. The molecule has 0 bridgehead atoms. The number of esters is 1. The molecule has 0 fully saturated rings. The second-order valence-electron chi connectivity index (χ2n) is 4.27. The molecule has 0 heterocycles. The first-order valence-corrected chi connectivity index (χ1v) is 4.54. The molecule has 0 rings (SSSR count). The number of hydrogen-bond donors (Lipinski definition) is 0. The third kappa shape index (κ3) is 3.77. The molecule has 81 valence electrons. The zero-order chi connectivity index (χ0) is 11.4. The van der Waals surface area contributed by atoms with Gasteiger partial charge in [-0.3, -0.25) is 0 Å². The molecule has 0 aromatic heterocycles. The van der Waals surface area contributed by atoms with Crippen LogP contribution in [-0.4, -0.2) is 23.6 Å². The molecule has 0 saturated carbocycles. The summed E-state index contributed by atoms with van der Waals surface area (Å²) in [5.41, 5.74) is -1.81. The van der Waals surface area contributed by atoms with Gasteiger partial charge in [-0.05, 0) is 34.1 Å². The van der Waals surface area contributed by atoms with Crippen LogP contribution in [0.3, 0.4) is 0 Å². The number of carbonyl (C=O) groups is 1. The highest BCUT2D eigenvalue weighted by molar-refractivity contribution is 5.80. The van der Waals surface area contributed by atoms with Gasteiger partial charge in [0, 0.05) is 0 Å². The zero-order valence-corrected chi connectivity index (χ0v) is 9.34. The summed E-state index contributed by atoms with van der Waals surface area (Å²) in [7, 11) is 0. The van der Waals surface area contributed by atoms with E-state index in [1.807, 2.05) is 0 Å². The van der Waals surface area contributed by atoms with Gasteiger partial charge in [-0.25, -0.2) is 9.59 Å². The smallest absolute Gasteiger partial charge is 0.418 e. The molecule has 0 amide bonds. The van der Waals surface area contributed by atoms with E-state index < -0.39 is 17.2 Å². The van der Waals surface area contributed by atoms with Crippen LogP contribution < -0.4 is 0 Å². The molecule has 4 nitrogen and oxygen atoms in total. The summed E-state index contributed by atoms with van der Waals surface area (Å²) in [5, 5.41) is 0. The monoisotopic (exact) mass is 201 g/mol. The average Bonchev–Trinajstić information content (AvgIpc) is 2.01. The molecule has 0 saturated heterocycles. The zero-order valence-electron chi connectivity index (χ0n) is 9.34. The molecular formula is C10H17O4. The molecular weight excluding hydrogens is 184 g/mol. The van der Waals surface area contributed by atoms with E-state index in [-0.39, 0.29) is 0 Å². The van der Waals surface area contributed by atoms with E-state index in [1.54, 1.807) is 27.7 Å². The van der Waals surface area contributed by atoms with Gasteiger partial charge >= 0.3 is 12.4 Å². The van der Waals surface area contributed by atoms with Gasteiger partial charge in [0.2, 0.25) is 5.60 Å². The molecule has 0 aromatic rings. The van der Waals surface area contributed by atoms with Crippen LogP contribution >= 0.6 is 0 Å². The molecule has 1 unspecified atom stereocenters. The van der Waals surface area contributed by atoms with Gasteiger partial charge in [0.05, 0.1) is 0 Å². The number of hydrogen-bond acceptors (Lipinski definition) is 4. The number of ether oxygens (including phenoxy) is 2. The van der Waals surface area contributed by atoms with Crippen LogP contribution in [0.5, 0.6) is 0 Å². The lowest BCUT2D eigenvalue weighted by atomic mass is 10.0. The molecule has 0 aromatic carbocycles. The van der Waals surface area contributed by atoms with Gasteiger partial charge in [0.15, 0.2) is 0 Å². The molecule has 14 heavy (non-hydrogen) atoms. The summed E-state index contributed by atoms with van der Waals surface area (Å²) in [5.74, 6) is -0.546. The van der Waals surface area contributed by atoms with Crippen LogP contribution in [0.25, 0.3) is 0 Å². The van der Waals surface area contributed by atoms with Crippen molar-refractivity contribution in [3.05, 3.63) is 0 Å². The Labute approximate surface area is 84.6 Å². The molecule has 1 atom stereocenters. The van der Waals surface area contributed by atoms with Crippen molar-refractivity contribution in [2.45, 2.75) is 52.2 Å². The van der Waals surface area contributed by atoms with Gasteiger partial charge in [-0.15, -0.1) is 0 Å². The fourth-order valence-electron chi connectivity index (χ4n) is 0.736. The number of carbonyl (C=O) groups excluding carboxylic acids is 2. The van der Waals surface area contributed by atoms with Crippen molar-refractivity contribution in [1.29, 1.82) is 0 Å². The van der Waals surface area contributed by atoms with Gasteiger partial charge in [-0.2, -0.15) is 0 Å². The Morgan fingerprint density at radius 3 is 2.07 bits per heavy atom. The van der Waals surface area contributed by atoms with E-state index >= 15 is 0 Å². The summed E-state index contributed by atoms with van der Waals surface area (Å²) in [6.07, 6.45) is 0.358. The van der Waals surface area contributed by atoms with Gasteiger partial charge in [0.25, 0.3) is 0 Å². The third-order valence-electron chi connectivity index (χ3n) is 1.77. The standard InChI is InChI=1S/C10H17O4/c1-6-10(5,13-7-11)8(12)14-9(2,3)4/h6H2,1-5H3. The first-order chi connectivity index (χ1) is 6.25. The Kier molecular flexibility index (Phi) is 4.10. The molecule has 0 spiro atoms. The van der Waals surface area contributed by atoms with Gasteiger partial charge in [0.1, 0.15) is 5.60 Å². The van der Waals surface area contributed by atoms with Crippen molar-refractivity contribution in [3.8, 4) is 0 Å². The van der Waals surface area contributed by atoms with Crippen LogP contribution in [0.4, 0.5) is 0 Å². The Morgan fingerprint density at radius 1 is 1.29 bits per heavy atom. The van der Waals surface area contributed by atoms with E-state index in [2.05, 4.69) is 4.74 Å². The van der Waals surface area contributed by atoms with Crippen LogP contribution in [0.1, 0.15) is 41.0 Å². The minimum Gasteiger partial charge on any atom is -0.457 e. The lowest BCUT2D eigenvalue weighted by Gasteiger charge is -2.28. The lowest BCUT2D eigenvalue weighted by molar-refractivity contribution is -0.174. The van der Waals surface area contributed by atoms with Crippen LogP contribution in [0, 0.1) is 0 Å². The molecule has 4 heteroatoms. The van der Waals surface area contributed by atoms with E-state index in [1.165, 1.54) is 13.4 Å². The van der Waals surface area contributed by atoms with Crippen molar-refractivity contribution < 1.29 is 19.1 Å². The highest BCUT2D eigenvalue weighted by Crippen LogP contribution is 2.20. The van der Waals surface area contributed by atoms with Crippen molar-refractivity contribution >= 4 is 12.4 Å². The highest BCUT2D eigenvalue weighted by Gasteiger charge is 2.37. The molecule has 0 aliphatic carbocycles. The molecule has 0 aliphatic heterocycles. The minimum atomic E-state index is -1.23. The maximum absolute atomic E-state index is 11.6. The van der Waals surface area contributed by atoms with Gasteiger partial charge < -0.3 is 9.47 Å². The maximum atomic E-state index is 11.6. The Balaban J connectivity index is 4.54. The topological polar surface area (TPSA) is 52.6 Å². The predicted molar refractivity (Wildman–Crippen MR) is 51.3 cm³/mol. The van der Waals surface area contributed by atoms with E-state index in [9.17, 15) is 9.59 Å². The predicted octanol–water partition coefficient (Wildman–Crippen LogP) is 1.58. The Hall–Kier alpha value is -1.06. The van der Waals surface area contributed by atoms with E-state index in [0.29, 0.717) is 6.42 Å². The Morgan fingerprint density at radius 2 is 1.79 bits per heavy atom. The maximum Gasteiger partial charge on any atom is 0.418 e. The van der Waals surface area contributed by atoms with E-state index in [0.717, 1.165) is 0 Å². The average molecular weight is 201 g/mol. The minimum absolute atomic E-state index is 0.358. The van der Waals surface area contributed by atoms with Crippen LogP contribution in [0.2, 0.25) is 0 Å². The molecule has 0 aliphatic rings. The fraction of sp³-hybridized carbons (Fsp3) is 0.800. The van der Waals surface area contributed by atoms with Crippen molar-refractivity contribution in [2.75, 3.05) is 0 Å². The Bertz CT molecular complexity index is 217. The van der Waals surface area contributed by atoms with Crippen LogP contribution in [0.15, 0.2) is 0 Å². The summed E-state index contributed by atoms with van der Waals surface area (Å²) in [6.45, 7) is 9.79. The summed E-state index contributed by atoms with van der Waals surface area (Å²) in [6, 6.07) is 0. The normalized spacial score (nSPS) is 15.5. The second-order valence-corrected chi connectivity index (χ2v) is 4.27. The molecule has 1 radical (unpaired) electrons. The summed E-state index contributed by atoms with van der Waals surface area (Å²) < 4.78 is 9.71. The molecule has 0 N–H and O–H groups in total. The van der Waals surface area contributed by atoms with Crippen molar-refractivity contribution in [3.63, 3.8) is 0 Å². The quantitative estimate of drug-likeness (QED) is 0.648. The third-order valence-corrected chi connectivity index (χ3v) is 1.77. The van der Waals surface area contributed by atoms with Crippen molar-refractivity contribution in [2.24, 2.45) is 0 Å². The van der Waals surface area contributed by atoms with Crippen LogP contribution in [-0.2, 0) is 19.1 Å². The summed E-state index contributed by atoms with van der Waals surface area (Å²) in [4.78, 5) is 21.7.